The number of carbonyl (C=O) groups excluding carboxylic acids is 3. The molecule has 0 radical (unpaired) electrons. The van der Waals surface area contributed by atoms with E-state index in [0.717, 1.165) is 0 Å². The van der Waals surface area contributed by atoms with Crippen molar-refractivity contribution < 1.29 is 37.0 Å². The second kappa shape index (κ2) is 10.0. The molecule has 206 valence electrons. The molecule has 1 aliphatic rings. The summed E-state index contributed by atoms with van der Waals surface area (Å²) < 4.78 is 50.2. The number of fused-ring (bicyclic) bond motifs is 1. The predicted octanol–water partition coefficient (Wildman–Crippen LogP) is 6.35. The van der Waals surface area contributed by atoms with E-state index in [9.17, 15) is 27.6 Å². The van der Waals surface area contributed by atoms with E-state index in [2.05, 4.69) is 10.1 Å². The molecule has 1 fully saturated rings. The zero-order chi connectivity index (χ0) is 28.8. The lowest BCUT2D eigenvalue weighted by molar-refractivity contribution is -0.274. The monoisotopic (exact) mass is 570 g/mol. The van der Waals surface area contributed by atoms with E-state index in [0.29, 0.717) is 43.9 Å². The van der Waals surface area contributed by atoms with Gasteiger partial charge < -0.3 is 14.0 Å². The van der Waals surface area contributed by atoms with Crippen molar-refractivity contribution in [1.29, 1.82) is 0 Å². The van der Waals surface area contributed by atoms with Gasteiger partial charge in [0.2, 0.25) is 0 Å². The maximum absolute atomic E-state index is 13.6. The Hall–Kier alpha value is -4.31. The van der Waals surface area contributed by atoms with Gasteiger partial charge in [0.25, 0.3) is 5.91 Å². The van der Waals surface area contributed by atoms with E-state index in [1.54, 1.807) is 60.0 Å². The van der Waals surface area contributed by atoms with E-state index < -0.39 is 29.7 Å². The van der Waals surface area contributed by atoms with Crippen LogP contribution in [0.15, 0.2) is 66.7 Å². The molecule has 2 heterocycles. The number of halogens is 4. The quantitative estimate of drug-likeness (QED) is 0.262. The van der Waals surface area contributed by atoms with Crippen LogP contribution in [0.1, 0.15) is 39.7 Å². The summed E-state index contributed by atoms with van der Waals surface area (Å²) in [6.07, 6.45) is -5.67. The molecule has 3 aromatic carbocycles. The molecule has 2 amide bonds. The van der Waals surface area contributed by atoms with Gasteiger partial charge >= 0.3 is 12.5 Å². The summed E-state index contributed by atoms with van der Waals surface area (Å²) in [5.41, 5.74) is 1.53. The first-order chi connectivity index (χ1) is 18.8. The van der Waals surface area contributed by atoms with Gasteiger partial charge in [-0.1, -0.05) is 35.9 Å². The number of aromatic nitrogens is 1. The van der Waals surface area contributed by atoms with Crippen LogP contribution in [-0.4, -0.2) is 34.3 Å². The van der Waals surface area contributed by atoms with Crippen molar-refractivity contribution in [3.05, 3.63) is 99.7 Å². The highest BCUT2D eigenvalue weighted by molar-refractivity contribution is 6.30. The number of ether oxygens (including phenoxy) is 2. The molecule has 1 N–H and O–H groups in total. The number of ketones is 1. The molecule has 0 aliphatic carbocycles. The normalized spacial score (nSPS) is 17.1. The molecule has 40 heavy (non-hydrogen) atoms. The highest BCUT2D eigenvalue weighted by atomic mass is 35.5. The van der Waals surface area contributed by atoms with E-state index in [1.165, 1.54) is 25.1 Å². The lowest BCUT2D eigenvalue weighted by atomic mass is 9.92. The highest BCUT2D eigenvalue weighted by Gasteiger charge is 2.45. The summed E-state index contributed by atoms with van der Waals surface area (Å²) in [6.45, 7) is 3.36. The van der Waals surface area contributed by atoms with Crippen LogP contribution in [0.5, 0.6) is 5.75 Å². The molecule has 0 bridgehead atoms. The van der Waals surface area contributed by atoms with Gasteiger partial charge in [-0.25, -0.2) is 4.79 Å². The van der Waals surface area contributed by atoms with Crippen LogP contribution in [0.25, 0.3) is 10.9 Å². The number of nitrogens with zero attached hydrogens (tertiary/aromatic N) is 1. The van der Waals surface area contributed by atoms with E-state index in [4.69, 9.17) is 16.3 Å². The van der Waals surface area contributed by atoms with Crippen LogP contribution >= 0.6 is 11.6 Å². The number of rotatable bonds is 7. The van der Waals surface area contributed by atoms with Gasteiger partial charge in [0.05, 0.1) is 11.1 Å². The number of benzene rings is 3. The first-order valence-electron chi connectivity index (χ1n) is 12.1. The topological polar surface area (TPSA) is 86.6 Å². The molecule has 0 saturated carbocycles. The van der Waals surface area contributed by atoms with E-state index >= 15 is 0 Å². The fourth-order valence-corrected chi connectivity index (χ4v) is 5.05. The zero-order valence-electron chi connectivity index (χ0n) is 21.3. The number of hydrogen-bond acceptors (Lipinski definition) is 5. The van der Waals surface area contributed by atoms with Crippen LogP contribution in [0, 0.1) is 6.92 Å². The number of cyclic esters (lactones) is 1. The first-order valence-corrected chi connectivity index (χ1v) is 12.5. The molecule has 1 unspecified atom stereocenters. The summed E-state index contributed by atoms with van der Waals surface area (Å²) >= 11 is 5.98. The van der Waals surface area contributed by atoms with Crippen LogP contribution in [0.3, 0.4) is 0 Å². The minimum Gasteiger partial charge on any atom is -0.432 e. The number of alkyl carbamates (subject to hydrolysis) is 1. The number of nitrogens with one attached hydrogen (secondary N) is 1. The van der Waals surface area contributed by atoms with Crippen molar-refractivity contribution in [2.45, 2.75) is 38.8 Å². The standard InChI is InChI=1S/C29H22ClF3N2O5/c1-16-24(25(36)17-7-9-20(30)10-8-17)22-12-11-21(39-29(31,32)33)13-23(22)35(16)15-19-6-4-3-5-18(19)14-28(2)26(37)34-27(38)40-28/h3-13H,14-15H2,1-2H3,(H,34,37,38). The SMILES string of the molecule is Cc1c(C(=O)c2ccc(Cl)cc2)c2ccc(OC(F)(F)F)cc2n1Cc1ccccc1CC1(C)OC(=O)NC1=O. The lowest BCUT2D eigenvalue weighted by Crippen LogP contribution is -2.38. The fourth-order valence-electron chi connectivity index (χ4n) is 4.93. The lowest BCUT2D eigenvalue weighted by Gasteiger charge is -2.21. The van der Waals surface area contributed by atoms with Gasteiger partial charge in [0.1, 0.15) is 5.75 Å². The number of carbonyl (C=O) groups is 3. The third-order valence-corrected chi connectivity index (χ3v) is 7.10. The number of amides is 2. The second-order valence-electron chi connectivity index (χ2n) is 9.63. The highest BCUT2D eigenvalue weighted by Crippen LogP contribution is 2.34. The summed E-state index contributed by atoms with van der Waals surface area (Å²) in [7, 11) is 0. The first kappa shape index (κ1) is 27.3. The molecule has 1 saturated heterocycles. The molecular formula is C29H22ClF3N2O5. The predicted molar refractivity (Wildman–Crippen MR) is 141 cm³/mol. The van der Waals surface area contributed by atoms with E-state index in [-0.39, 0.29) is 18.7 Å². The van der Waals surface area contributed by atoms with Crippen LogP contribution in [0.2, 0.25) is 5.02 Å². The fraction of sp³-hybridized carbons (Fsp3) is 0.207. The van der Waals surface area contributed by atoms with E-state index in [1.807, 2.05) is 0 Å². The Morgan fingerprint density at radius 1 is 1.05 bits per heavy atom. The summed E-state index contributed by atoms with van der Waals surface area (Å²) in [5.74, 6) is -1.32. The molecule has 0 spiro atoms. The van der Waals surface area contributed by atoms with Crippen molar-refractivity contribution in [1.82, 2.24) is 9.88 Å². The smallest absolute Gasteiger partial charge is 0.432 e. The molecule has 4 aromatic rings. The third-order valence-electron chi connectivity index (χ3n) is 6.85. The minimum absolute atomic E-state index is 0.0675. The average molecular weight is 571 g/mol. The van der Waals surface area contributed by atoms with Crippen molar-refractivity contribution in [2.75, 3.05) is 0 Å². The van der Waals surface area contributed by atoms with Crippen LogP contribution in [-0.2, 0) is 22.5 Å². The third kappa shape index (κ3) is 5.27. The van der Waals surface area contributed by atoms with Crippen LogP contribution < -0.4 is 10.1 Å². The maximum atomic E-state index is 13.6. The minimum atomic E-state index is -4.90. The number of imide groups is 1. The zero-order valence-corrected chi connectivity index (χ0v) is 22.0. The Morgan fingerprint density at radius 2 is 1.73 bits per heavy atom. The van der Waals surface area contributed by atoms with Crippen molar-refractivity contribution in [3.8, 4) is 5.75 Å². The van der Waals surface area contributed by atoms with Crippen molar-refractivity contribution in [3.63, 3.8) is 0 Å². The molecule has 7 nitrogen and oxygen atoms in total. The summed E-state index contributed by atoms with van der Waals surface area (Å²) in [5, 5.41) is 3.03. The van der Waals surface area contributed by atoms with Gasteiger partial charge in [0, 0.05) is 40.7 Å². The molecule has 5 rings (SSSR count). The Bertz CT molecular complexity index is 1660. The summed E-state index contributed by atoms with van der Waals surface area (Å²) in [4.78, 5) is 37.7. The molecular weight excluding hydrogens is 549 g/mol. The summed E-state index contributed by atoms with van der Waals surface area (Å²) in [6, 6.07) is 17.3. The largest absolute Gasteiger partial charge is 0.573 e. The van der Waals surface area contributed by atoms with Gasteiger partial charge in [-0.05, 0) is 61.4 Å². The van der Waals surface area contributed by atoms with Crippen LogP contribution in [0.4, 0.5) is 18.0 Å². The van der Waals surface area contributed by atoms with Gasteiger partial charge in [-0.2, -0.15) is 0 Å². The van der Waals surface area contributed by atoms with Gasteiger partial charge in [0.15, 0.2) is 11.4 Å². The average Bonchev–Trinajstić information content (AvgIpc) is 3.29. The molecule has 11 heteroatoms. The number of alkyl halides is 3. The van der Waals surface area contributed by atoms with Crippen molar-refractivity contribution in [2.24, 2.45) is 0 Å². The molecule has 1 aromatic heterocycles. The van der Waals surface area contributed by atoms with Crippen molar-refractivity contribution >= 4 is 40.3 Å². The molecule has 1 aliphatic heterocycles. The van der Waals surface area contributed by atoms with Gasteiger partial charge in [-0.3, -0.25) is 14.9 Å². The maximum Gasteiger partial charge on any atom is 0.573 e. The Morgan fingerprint density at radius 3 is 2.35 bits per heavy atom. The Balaban J connectivity index is 1.62. The van der Waals surface area contributed by atoms with Gasteiger partial charge in [-0.15, -0.1) is 13.2 Å². The molecule has 1 atom stereocenters. The number of hydrogen-bond donors (Lipinski definition) is 1. The second-order valence-corrected chi connectivity index (χ2v) is 10.1. The Kier molecular flexibility index (Phi) is 6.83. The Labute approximate surface area is 231 Å².